The van der Waals surface area contributed by atoms with E-state index in [-0.39, 0.29) is 22.8 Å². The lowest BCUT2D eigenvalue weighted by Gasteiger charge is -2.23. The second kappa shape index (κ2) is 15.2. The molecule has 0 aromatic carbocycles. The Morgan fingerprint density at radius 2 is 1.47 bits per heavy atom. The van der Waals surface area contributed by atoms with Crippen molar-refractivity contribution in [3.63, 3.8) is 0 Å². The first-order valence-corrected chi connectivity index (χ1v) is 13.5. The predicted octanol–water partition coefficient (Wildman–Crippen LogP) is 2.33. The van der Waals surface area contributed by atoms with E-state index in [2.05, 4.69) is 25.4 Å². The van der Waals surface area contributed by atoms with Crippen molar-refractivity contribution in [2.45, 2.75) is 64.0 Å². The van der Waals surface area contributed by atoms with Crippen LogP contribution in [-0.4, -0.2) is 83.9 Å². The molecule has 0 saturated heterocycles. The van der Waals surface area contributed by atoms with Crippen molar-refractivity contribution in [1.29, 1.82) is 0 Å². The minimum atomic E-state index is -1.15. The van der Waals surface area contributed by atoms with Gasteiger partial charge in [-0.25, -0.2) is 9.59 Å². The summed E-state index contributed by atoms with van der Waals surface area (Å²) in [6.45, 7) is 10.7. The van der Waals surface area contributed by atoms with E-state index in [0.717, 1.165) is 7.11 Å². The summed E-state index contributed by atoms with van der Waals surface area (Å²) in [7, 11) is 5.28. The zero-order valence-corrected chi connectivity index (χ0v) is 23.2. The number of hydrogen-bond acceptors (Lipinski definition) is 11. The number of nitrogens with one attached hydrogen (secondary N) is 3. The van der Waals surface area contributed by atoms with Gasteiger partial charge in [-0.05, 0) is 20.8 Å². The van der Waals surface area contributed by atoms with Crippen LogP contribution in [0.3, 0.4) is 0 Å². The average molecular weight is 542 g/mol. The van der Waals surface area contributed by atoms with Crippen LogP contribution < -0.4 is 16.0 Å². The molecule has 0 fully saturated rings. The van der Waals surface area contributed by atoms with Gasteiger partial charge in [0.25, 0.3) is 5.24 Å². The molecule has 2 atom stereocenters. The van der Waals surface area contributed by atoms with E-state index in [1.165, 1.54) is 28.7 Å². The van der Waals surface area contributed by atoms with E-state index in [4.69, 9.17) is 4.74 Å². The molecular weight excluding hydrogens is 506 g/mol. The number of amides is 3. The Morgan fingerprint density at radius 3 is 1.97 bits per heavy atom. The summed E-state index contributed by atoms with van der Waals surface area (Å²) in [4.78, 5) is 60.4. The molecule has 14 heteroatoms. The molecule has 0 rings (SSSR count). The van der Waals surface area contributed by atoms with Crippen LogP contribution in [0.4, 0.5) is 9.59 Å². The Hall–Kier alpha value is -1.80. The monoisotopic (exact) mass is 541 g/mol. The molecule has 11 nitrogen and oxygen atoms in total. The third kappa shape index (κ3) is 15.9. The van der Waals surface area contributed by atoms with Gasteiger partial charge >= 0.3 is 18.0 Å². The van der Waals surface area contributed by atoms with E-state index >= 15 is 0 Å². The first-order valence-electron chi connectivity index (χ1n) is 10.2. The highest BCUT2D eigenvalue weighted by Gasteiger charge is 2.28. The third-order valence-corrected chi connectivity index (χ3v) is 7.57. The van der Waals surface area contributed by atoms with Crippen molar-refractivity contribution in [2.75, 3.05) is 32.3 Å². The standard InChI is InChI=1S/C20H35N3O8S3/c1-19(2,3)31-17(27)22-13(16(26)30-8)10-32-18(28)23-12(11-33-34-20(4,5)6)15(25)21-9-14(24)29-7/h12-13H,9-11H2,1-8H3,(H,21,25)(H,22,27)(H,23,28). The van der Waals surface area contributed by atoms with Gasteiger partial charge in [-0.1, -0.05) is 54.1 Å². The summed E-state index contributed by atoms with van der Waals surface area (Å²) in [5.74, 6) is -1.86. The van der Waals surface area contributed by atoms with Gasteiger partial charge in [-0.3, -0.25) is 14.4 Å². The molecule has 0 radical (unpaired) electrons. The van der Waals surface area contributed by atoms with Gasteiger partial charge in [0, 0.05) is 16.3 Å². The SMILES string of the molecule is COC(=O)CNC(=O)C(CSSC(C)(C)C)NC(=O)SCC(NC(=O)OC(C)(C)C)C(=O)OC. The normalized spacial score (nSPS) is 13.2. The number of hydrogen-bond donors (Lipinski definition) is 3. The fourth-order valence-electron chi connectivity index (χ4n) is 1.92. The Labute approximate surface area is 212 Å². The van der Waals surface area contributed by atoms with Gasteiger partial charge in [0.15, 0.2) is 0 Å². The molecule has 0 aliphatic heterocycles. The van der Waals surface area contributed by atoms with E-state index in [9.17, 15) is 24.0 Å². The zero-order chi connectivity index (χ0) is 26.5. The molecule has 34 heavy (non-hydrogen) atoms. The quantitative estimate of drug-likeness (QED) is 0.201. The molecule has 0 aliphatic carbocycles. The highest BCUT2D eigenvalue weighted by atomic mass is 33.1. The van der Waals surface area contributed by atoms with Gasteiger partial charge < -0.3 is 30.2 Å². The molecule has 3 amide bonds. The predicted molar refractivity (Wildman–Crippen MR) is 135 cm³/mol. The van der Waals surface area contributed by atoms with Gasteiger partial charge in [0.1, 0.15) is 24.2 Å². The number of carbonyl (C=O) groups is 5. The smallest absolute Gasteiger partial charge is 0.408 e. The van der Waals surface area contributed by atoms with Crippen molar-refractivity contribution in [3.8, 4) is 0 Å². The summed E-state index contributed by atoms with van der Waals surface area (Å²) in [5.41, 5.74) is -0.775. The Bertz CT molecular complexity index is 723. The van der Waals surface area contributed by atoms with Crippen molar-refractivity contribution >= 4 is 62.5 Å². The molecule has 0 heterocycles. The van der Waals surface area contributed by atoms with Gasteiger partial charge in [0.2, 0.25) is 5.91 Å². The van der Waals surface area contributed by atoms with Crippen LogP contribution >= 0.6 is 33.3 Å². The Kier molecular flexibility index (Phi) is 14.4. The summed E-state index contributed by atoms with van der Waals surface area (Å²) in [6.07, 6.45) is -0.834. The minimum Gasteiger partial charge on any atom is -0.468 e. The van der Waals surface area contributed by atoms with E-state index in [1.807, 2.05) is 20.8 Å². The Balaban J connectivity index is 5.08. The third-order valence-electron chi connectivity index (χ3n) is 3.34. The van der Waals surface area contributed by atoms with E-state index < -0.39 is 46.9 Å². The molecule has 3 N–H and O–H groups in total. The van der Waals surface area contributed by atoms with Crippen LogP contribution in [0.1, 0.15) is 41.5 Å². The largest absolute Gasteiger partial charge is 0.468 e. The number of ether oxygens (including phenoxy) is 3. The van der Waals surface area contributed by atoms with Crippen LogP contribution in [0.5, 0.6) is 0 Å². The average Bonchev–Trinajstić information content (AvgIpc) is 2.71. The van der Waals surface area contributed by atoms with Crippen LogP contribution in [0.25, 0.3) is 0 Å². The molecule has 0 bridgehead atoms. The lowest BCUT2D eigenvalue weighted by molar-refractivity contribution is -0.142. The molecule has 0 aromatic heterocycles. The summed E-state index contributed by atoms with van der Waals surface area (Å²) in [5, 5.41) is 6.77. The maximum Gasteiger partial charge on any atom is 0.408 e. The number of rotatable bonds is 11. The minimum absolute atomic E-state index is 0.0719. The molecule has 196 valence electrons. The molecule has 2 unspecified atom stereocenters. The van der Waals surface area contributed by atoms with Crippen molar-refractivity contribution in [2.24, 2.45) is 0 Å². The van der Waals surface area contributed by atoms with Gasteiger partial charge in [0.05, 0.1) is 14.2 Å². The highest BCUT2D eigenvalue weighted by Crippen LogP contribution is 2.35. The van der Waals surface area contributed by atoms with Gasteiger partial charge in [-0.15, -0.1) is 0 Å². The summed E-state index contributed by atoms with van der Waals surface area (Å²) >= 11 is 0.693. The second-order valence-corrected chi connectivity index (χ2v) is 13.0. The topological polar surface area (TPSA) is 149 Å². The molecule has 0 aliphatic rings. The lowest BCUT2D eigenvalue weighted by atomic mass is 10.2. The fourth-order valence-corrected chi connectivity index (χ4v) is 5.15. The number of thioether (sulfide) groups is 1. The molecule has 0 saturated carbocycles. The first kappa shape index (κ1) is 32.2. The number of carbonyl (C=O) groups excluding carboxylic acids is 5. The first-order chi connectivity index (χ1) is 15.6. The molecule has 0 spiro atoms. The van der Waals surface area contributed by atoms with Crippen molar-refractivity contribution < 1.29 is 38.2 Å². The maximum absolute atomic E-state index is 12.5. The molecule has 0 aromatic rings. The highest BCUT2D eigenvalue weighted by molar-refractivity contribution is 8.77. The zero-order valence-electron chi connectivity index (χ0n) is 20.8. The summed E-state index contributed by atoms with van der Waals surface area (Å²) in [6, 6.07) is -2.09. The lowest BCUT2D eigenvalue weighted by Crippen LogP contribution is -2.49. The second-order valence-electron chi connectivity index (χ2n) is 8.79. The van der Waals surface area contributed by atoms with E-state index in [1.54, 1.807) is 20.8 Å². The van der Waals surface area contributed by atoms with Crippen LogP contribution in [0, 0.1) is 0 Å². The summed E-state index contributed by atoms with van der Waals surface area (Å²) < 4.78 is 14.2. The maximum atomic E-state index is 12.5. The Morgan fingerprint density at radius 1 is 0.853 bits per heavy atom. The van der Waals surface area contributed by atoms with Gasteiger partial charge in [-0.2, -0.15) is 0 Å². The van der Waals surface area contributed by atoms with Crippen LogP contribution in [-0.2, 0) is 28.6 Å². The number of alkyl carbamates (subject to hydrolysis) is 1. The number of methoxy groups -OCH3 is 2. The van der Waals surface area contributed by atoms with Crippen molar-refractivity contribution in [3.05, 3.63) is 0 Å². The molecular formula is C20H35N3O8S3. The fraction of sp³-hybridized carbons (Fsp3) is 0.750. The number of esters is 2. The van der Waals surface area contributed by atoms with Crippen molar-refractivity contribution in [1.82, 2.24) is 16.0 Å². The van der Waals surface area contributed by atoms with Crippen LogP contribution in [0.2, 0.25) is 0 Å². The van der Waals surface area contributed by atoms with Crippen LogP contribution in [0.15, 0.2) is 0 Å². The van der Waals surface area contributed by atoms with E-state index in [0.29, 0.717) is 11.8 Å².